The van der Waals surface area contributed by atoms with E-state index in [1.165, 1.54) is 12.1 Å². The summed E-state index contributed by atoms with van der Waals surface area (Å²) in [7, 11) is 0. The number of aromatic nitrogens is 1. The molecule has 3 aliphatic heterocycles. The molecule has 12 nitrogen and oxygen atoms in total. The summed E-state index contributed by atoms with van der Waals surface area (Å²) in [6.07, 6.45) is 0.870. The summed E-state index contributed by atoms with van der Waals surface area (Å²) >= 11 is 5.83. The quantitative estimate of drug-likeness (QED) is 0.119. The number of thiocarbonyl (C=S) groups is 1. The van der Waals surface area contributed by atoms with E-state index in [1.54, 1.807) is 17.0 Å². The second-order valence-corrected chi connectivity index (χ2v) is 17.7. The summed E-state index contributed by atoms with van der Waals surface area (Å²) in [5.41, 5.74) is -0.509. The molecule has 1 N–H and O–H groups in total. The van der Waals surface area contributed by atoms with Crippen LogP contribution in [0.2, 0.25) is 0 Å². The van der Waals surface area contributed by atoms with Gasteiger partial charge in [0.1, 0.15) is 29.8 Å². The van der Waals surface area contributed by atoms with Crippen molar-refractivity contribution in [2.24, 2.45) is 5.92 Å². The van der Waals surface area contributed by atoms with Gasteiger partial charge in [0.2, 0.25) is 11.8 Å². The summed E-state index contributed by atoms with van der Waals surface area (Å²) in [5, 5.41) is 11.7. The molecule has 2 aromatic carbocycles. The lowest BCUT2D eigenvalue weighted by atomic mass is 9.75. The molecule has 2 aliphatic carbocycles. The first-order valence-corrected chi connectivity index (χ1v) is 21.5. The molecule has 1 unspecified atom stereocenters. The van der Waals surface area contributed by atoms with Crippen LogP contribution in [0.5, 0.6) is 5.75 Å². The Kier molecular flexibility index (Phi) is 12.0. The van der Waals surface area contributed by atoms with Gasteiger partial charge in [0.15, 0.2) is 16.6 Å². The van der Waals surface area contributed by atoms with Crippen LogP contribution in [0.4, 0.5) is 28.9 Å². The first kappa shape index (κ1) is 43.3. The molecule has 1 spiro atoms. The second-order valence-electron chi connectivity index (χ2n) is 17.3. The molecular formula is C45H47F4N7O5S. The third-order valence-electron chi connectivity index (χ3n) is 12.9. The number of nitriles is 1. The first-order chi connectivity index (χ1) is 29.6. The minimum Gasteiger partial charge on any atom is -0.492 e. The predicted molar refractivity (Wildman–Crippen MR) is 224 cm³/mol. The Balaban J connectivity index is 0.882. The van der Waals surface area contributed by atoms with Gasteiger partial charge in [-0.1, -0.05) is 12.1 Å². The number of nitrogens with one attached hydrogen (secondary N) is 1. The minimum absolute atomic E-state index is 0.0400. The van der Waals surface area contributed by atoms with E-state index in [0.29, 0.717) is 63.2 Å². The number of Topliss-reactive ketones (excluding diaryl/α,β-unsaturated/α-hetero) is 1. The number of rotatable bonds is 13. The van der Waals surface area contributed by atoms with Gasteiger partial charge in [-0.05, 0) is 124 Å². The Hall–Kier alpha value is -5.31. The fourth-order valence-corrected chi connectivity index (χ4v) is 9.90. The number of ether oxygens (including phenoxy) is 1. The number of halogens is 4. The molecule has 3 atom stereocenters. The van der Waals surface area contributed by atoms with Gasteiger partial charge in [-0.3, -0.25) is 39.2 Å². The number of amides is 3. The van der Waals surface area contributed by atoms with E-state index < -0.39 is 34.7 Å². The van der Waals surface area contributed by atoms with Crippen LogP contribution in [0.1, 0.15) is 92.7 Å². The Morgan fingerprint density at radius 1 is 1.03 bits per heavy atom. The second kappa shape index (κ2) is 17.1. The number of anilines is 2. The molecule has 3 aromatic rings. The van der Waals surface area contributed by atoms with Gasteiger partial charge < -0.3 is 9.64 Å². The lowest BCUT2D eigenvalue weighted by Gasteiger charge is -2.44. The predicted octanol–water partition coefficient (Wildman–Crippen LogP) is 6.23. The van der Waals surface area contributed by atoms with E-state index in [2.05, 4.69) is 33.9 Å². The molecule has 5 aliphatic rings. The van der Waals surface area contributed by atoms with Crippen molar-refractivity contribution in [1.82, 2.24) is 20.1 Å². The summed E-state index contributed by atoms with van der Waals surface area (Å²) in [4.78, 5) is 62.2. The van der Waals surface area contributed by atoms with Crippen molar-refractivity contribution in [2.45, 2.75) is 101 Å². The van der Waals surface area contributed by atoms with Gasteiger partial charge in [-0.15, -0.1) is 0 Å². The minimum atomic E-state index is -4.85. The van der Waals surface area contributed by atoms with E-state index in [0.717, 1.165) is 53.3 Å². The van der Waals surface area contributed by atoms with E-state index in [4.69, 9.17) is 17.0 Å². The zero-order valence-corrected chi connectivity index (χ0v) is 35.3. The molecule has 326 valence electrons. The van der Waals surface area contributed by atoms with Gasteiger partial charge in [0, 0.05) is 56.2 Å². The molecule has 3 amide bonds. The number of ketones is 1. The highest BCUT2D eigenvalue weighted by Gasteiger charge is 2.60. The topological polar surface area (TPSA) is 139 Å². The van der Waals surface area contributed by atoms with Gasteiger partial charge in [-0.25, -0.2) is 9.37 Å². The van der Waals surface area contributed by atoms with E-state index in [9.17, 15) is 42.0 Å². The van der Waals surface area contributed by atoms with E-state index in [-0.39, 0.29) is 71.7 Å². The molecule has 1 aromatic heterocycles. The van der Waals surface area contributed by atoms with E-state index in [1.807, 2.05) is 18.2 Å². The highest BCUT2D eigenvalue weighted by molar-refractivity contribution is 7.81. The maximum Gasteiger partial charge on any atom is 0.419 e. The number of pyridine rings is 1. The fourth-order valence-electron chi connectivity index (χ4n) is 9.43. The first-order valence-electron chi connectivity index (χ1n) is 21.1. The standard InChI is InChI=1S/C45H47F4N7O5S/c1-26-23-53(24-27(2)54(26)25-34(57)18-31-17-28(4-9-37(31)46)16-30-7-11-40(58)52-41(30)59)14-15-61-39-10-8-32(19-35(39)29-5-6-29)56-43(62)55(42(60)44(56)12-3-13-44)33-20-36(45(47,48)49)38(21-50)51-22-33/h4,8-10,17,19-20,22,26-27,29-30H,3,5-7,11-16,18,23-25H2,1-2H3,(H,52,58,59)/t26-,27+,30?. The van der Waals surface area contributed by atoms with Crippen LogP contribution in [-0.4, -0.2) is 93.8 Å². The Morgan fingerprint density at radius 2 is 1.77 bits per heavy atom. The lowest BCUT2D eigenvalue weighted by molar-refractivity contribution is -0.138. The number of carbonyl (C=O) groups excluding carboxylic acids is 4. The third kappa shape index (κ3) is 8.56. The average molecular weight is 874 g/mol. The monoisotopic (exact) mass is 873 g/mol. The summed E-state index contributed by atoms with van der Waals surface area (Å²) in [6.45, 7) is 6.74. The summed E-state index contributed by atoms with van der Waals surface area (Å²) in [6, 6.07) is 12.6. The van der Waals surface area contributed by atoms with Gasteiger partial charge in [0.25, 0.3) is 5.91 Å². The molecule has 0 bridgehead atoms. The van der Waals surface area contributed by atoms with Gasteiger partial charge in [0.05, 0.1) is 24.0 Å². The number of hydrogen-bond donors (Lipinski definition) is 1. The Morgan fingerprint density at radius 3 is 2.42 bits per heavy atom. The molecule has 17 heteroatoms. The lowest BCUT2D eigenvalue weighted by Crippen LogP contribution is -2.58. The maximum absolute atomic E-state index is 14.9. The largest absolute Gasteiger partial charge is 0.492 e. The van der Waals surface area contributed by atoms with Crippen LogP contribution >= 0.6 is 12.2 Å². The SMILES string of the molecule is C[C@@H]1CN(CCOc2ccc(N3C(=S)N(c4cnc(C#N)c(C(F)(F)F)c4)C(=O)C34CCC4)cc2C2CC2)C[C@H](C)N1CC(=O)Cc1cc(CC2CCC(=O)NC2=O)ccc1F. The van der Waals surface area contributed by atoms with Crippen LogP contribution in [0.25, 0.3) is 0 Å². The Bertz CT molecular complexity index is 2350. The number of hydrogen-bond acceptors (Lipinski definition) is 10. The number of nitrogens with zero attached hydrogens (tertiary/aromatic N) is 6. The fraction of sp³-hybridized carbons (Fsp3) is 0.489. The number of piperidine rings is 1. The van der Waals surface area contributed by atoms with Crippen molar-refractivity contribution in [1.29, 1.82) is 5.26 Å². The Labute approximate surface area is 362 Å². The highest BCUT2D eigenvalue weighted by Crippen LogP contribution is 2.51. The van der Waals surface area contributed by atoms with Crippen LogP contribution in [0.15, 0.2) is 48.7 Å². The van der Waals surface area contributed by atoms with Crippen molar-refractivity contribution < 1.29 is 41.5 Å². The average Bonchev–Trinajstić information content (AvgIpc) is 4.02. The van der Waals surface area contributed by atoms with Gasteiger partial charge >= 0.3 is 6.18 Å². The van der Waals surface area contributed by atoms with Crippen LogP contribution < -0.4 is 19.9 Å². The molecule has 4 heterocycles. The number of imide groups is 1. The van der Waals surface area contributed by atoms with Crippen LogP contribution in [0, 0.1) is 23.1 Å². The van der Waals surface area contributed by atoms with Crippen molar-refractivity contribution in [3.63, 3.8) is 0 Å². The number of alkyl halides is 3. The summed E-state index contributed by atoms with van der Waals surface area (Å²) < 4.78 is 62.9. The van der Waals surface area contributed by atoms with Crippen LogP contribution in [-0.2, 0) is 38.2 Å². The molecule has 8 rings (SSSR count). The summed E-state index contributed by atoms with van der Waals surface area (Å²) in [5.74, 6) is -1.02. The highest BCUT2D eigenvalue weighted by atomic mass is 32.1. The number of benzene rings is 2. The van der Waals surface area contributed by atoms with Crippen molar-refractivity contribution >= 4 is 52.2 Å². The molecule has 0 radical (unpaired) electrons. The van der Waals surface area contributed by atoms with Crippen molar-refractivity contribution in [3.8, 4) is 11.8 Å². The molecule has 2 saturated carbocycles. The normalized spacial score (nSPS) is 23.1. The van der Waals surface area contributed by atoms with Crippen molar-refractivity contribution in [2.75, 3.05) is 42.6 Å². The molecular weight excluding hydrogens is 827 g/mol. The molecule has 5 fully saturated rings. The molecule has 62 heavy (non-hydrogen) atoms. The van der Waals surface area contributed by atoms with Gasteiger partial charge in [-0.2, -0.15) is 18.4 Å². The smallest absolute Gasteiger partial charge is 0.419 e. The zero-order chi connectivity index (χ0) is 44.1. The zero-order valence-electron chi connectivity index (χ0n) is 34.5. The maximum atomic E-state index is 14.9. The van der Waals surface area contributed by atoms with Crippen LogP contribution in [0.3, 0.4) is 0 Å². The van der Waals surface area contributed by atoms with E-state index >= 15 is 0 Å². The number of carbonyl (C=O) groups is 4. The van der Waals surface area contributed by atoms with Crippen molar-refractivity contribution in [3.05, 3.63) is 82.4 Å². The third-order valence-corrected chi connectivity index (χ3v) is 13.3. The number of piperazine rings is 1. The molecule has 3 saturated heterocycles.